The number of amides is 1. The topological polar surface area (TPSA) is 57.7 Å². The Kier molecular flexibility index (Phi) is 7.74. The van der Waals surface area contributed by atoms with Crippen LogP contribution in [-0.2, 0) is 14.8 Å². The van der Waals surface area contributed by atoms with Crippen LogP contribution in [0.1, 0.15) is 19.8 Å². The van der Waals surface area contributed by atoms with Crippen molar-refractivity contribution in [2.75, 3.05) is 38.8 Å². The number of nitrogens with zero attached hydrogens (tertiary/aromatic N) is 2. The second-order valence-electron chi connectivity index (χ2n) is 3.98. The van der Waals surface area contributed by atoms with Gasteiger partial charge >= 0.3 is 0 Å². The average Bonchev–Trinajstić information content (AvgIpc) is 2.25. The molecule has 0 spiro atoms. The van der Waals surface area contributed by atoms with Gasteiger partial charge in [0.2, 0.25) is 15.9 Å². The normalized spacial score (nSPS) is 11.8. The summed E-state index contributed by atoms with van der Waals surface area (Å²) < 4.78 is 25.1. The summed E-state index contributed by atoms with van der Waals surface area (Å²) in [6.07, 6.45) is 1.08. The minimum absolute atomic E-state index is 0.00277. The molecule has 1 amide bonds. The largest absolute Gasteiger partial charge is 0.348 e. The molecular formula is C10H21ClN2O3S. The van der Waals surface area contributed by atoms with Gasteiger partial charge in [-0.05, 0) is 12.8 Å². The number of hydrogen-bond acceptors (Lipinski definition) is 3. The van der Waals surface area contributed by atoms with Crippen molar-refractivity contribution in [1.29, 1.82) is 0 Å². The number of alkyl halides is 1. The number of halogens is 1. The highest BCUT2D eigenvalue weighted by Gasteiger charge is 2.23. The van der Waals surface area contributed by atoms with E-state index in [0.717, 1.165) is 0 Å². The van der Waals surface area contributed by atoms with Crippen molar-refractivity contribution in [1.82, 2.24) is 9.21 Å². The van der Waals surface area contributed by atoms with Crippen LogP contribution in [0.2, 0.25) is 0 Å². The van der Waals surface area contributed by atoms with Crippen molar-refractivity contribution in [2.24, 2.45) is 0 Å². The summed E-state index contributed by atoms with van der Waals surface area (Å²) >= 11 is 5.49. The molecule has 0 heterocycles. The van der Waals surface area contributed by atoms with Gasteiger partial charge in [0.25, 0.3) is 0 Å². The molecule has 0 radical (unpaired) electrons. The van der Waals surface area contributed by atoms with Gasteiger partial charge in [-0.1, -0.05) is 6.92 Å². The Bertz CT molecular complexity index is 330. The average molecular weight is 285 g/mol. The maximum atomic E-state index is 11.9. The first-order valence-electron chi connectivity index (χ1n) is 5.59. The molecule has 5 nitrogen and oxygen atoms in total. The summed E-state index contributed by atoms with van der Waals surface area (Å²) in [7, 11) is -0.156. The number of carbonyl (C=O) groups is 1. The Balaban J connectivity index is 4.66. The van der Waals surface area contributed by atoms with E-state index in [2.05, 4.69) is 0 Å². The number of rotatable bonds is 8. The molecule has 0 aliphatic rings. The SMILES string of the molecule is CCCN(CC(=O)N(C)C)S(=O)(=O)CCCCl. The van der Waals surface area contributed by atoms with Gasteiger partial charge in [-0.15, -0.1) is 11.6 Å². The Labute approximate surface area is 109 Å². The highest BCUT2D eigenvalue weighted by molar-refractivity contribution is 7.89. The maximum absolute atomic E-state index is 11.9. The fourth-order valence-corrected chi connectivity index (χ4v) is 3.05. The van der Waals surface area contributed by atoms with Crippen molar-refractivity contribution < 1.29 is 13.2 Å². The van der Waals surface area contributed by atoms with Gasteiger partial charge in [0.05, 0.1) is 12.3 Å². The lowest BCUT2D eigenvalue weighted by Crippen LogP contribution is -2.41. The zero-order valence-corrected chi connectivity index (χ0v) is 12.2. The van der Waals surface area contributed by atoms with Gasteiger partial charge in [0, 0.05) is 26.5 Å². The molecule has 0 fully saturated rings. The smallest absolute Gasteiger partial charge is 0.237 e. The van der Waals surface area contributed by atoms with Crippen molar-refractivity contribution in [3.63, 3.8) is 0 Å². The van der Waals surface area contributed by atoms with Crippen LogP contribution in [0.3, 0.4) is 0 Å². The molecular weight excluding hydrogens is 264 g/mol. The zero-order valence-electron chi connectivity index (χ0n) is 10.6. The minimum atomic E-state index is -3.37. The molecule has 0 aromatic rings. The Morgan fingerprint density at radius 3 is 2.29 bits per heavy atom. The van der Waals surface area contributed by atoms with Gasteiger partial charge in [-0.2, -0.15) is 4.31 Å². The Hall–Kier alpha value is -0.330. The van der Waals surface area contributed by atoms with Crippen LogP contribution in [0.5, 0.6) is 0 Å². The molecule has 102 valence electrons. The third kappa shape index (κ3) is 6.24. The first-order valence-corrected chi connectivity index (χ1v) is 7.73. The molecule has 17 heavy (non-hydrogen) atoms. The summed E-state index contributed by atoms with van der Waals surface area (Å²) in [5.74, 6) is 0.0887. The first-order chi connectivity index (χ1) is 7.85. The van der Waals surface area contributed by atoms with Gasteiger partial charge in [0.15, 0.2) is 0 Å². The first kappa shape index (κ1) is 16.7. The number of sulfonamides is 1. The molecule has 0 aliphatic heterocycles. The quantitative estimate of drug-likeness (QED) is 0.618. The van der Waals surface area contributed by atoms with E-state index in [1.165, 1.54) is 9.21 Å². The summed E-state index contributed by atoms with van der Waals surface area (Å²) in [5.41, 5.74) is 0. The lowest BCUT2D eigenvalue weighted by atomic mass is 10.4. The summed E-state index contributed by atoms with van der Waals surface area (Å²) in [5, 5.41) is 0. The predicted molar refractivity (Wildman–Crippen MR) is 69.7 cm³/mol. The monoisotopic (exact) mass is 284 g/mol. The highest BCUT2D eigenvalue weighted by Crippen LogP contribution is 2.06. The van der Waals surface area contributed by atoms with Gasteiger partial charge < -0.3 is 4.90 Å². The second-order valence-corrected chi connectivity index (χ2v) is 6.45. The van der Waals surface area contributed by atoms with Gasteiger partial charge in [-0.3, -0.25) is 4.79 Å². The zero-order chi connectivity index (χ0) is 13.5. The van der Waals surface area contributed by atoms with Crippen molar-refractivity contribution in [3.05, 3.63) is 0 Å². The molecule has 0 N–H and O–H groups in total. The molecule has 0 saturated heterocycles. The van der Waals surface area contributed by atoms with E-state index >= 15 is 0 Å². The van der Waals surface area contributed by atoms with Crippen molar-refractivity contribution in [3.8, 4) is 0 Å². The van der Waals surface area contributed by atoms with Crippen LogP contribution in [0.25, 0.3) is 0 Å². The molecule has 0 rings (SSSR count). The number of hydrogen-bond donors (Lipinski definition) is 0. The molecule has 0 aliphatic carbocycles. The highest BCUT2D eigenvalue weighted by atomic mass is 35.5. The number of carbonyl (C=O) groups excluding carboxylic acids is 1. The van der Waals surface area contributed by atoms with Gasteiger partial charge in [0.1, 0.15) is 0 Å². The van der Waals surface area contributed by atoms with Crippen molar-refractivity contribution >= 4 is 27.5 Å². The molecule has 7 heteroatoms. The van der Waals surface area contributed by atoms with E-state index in [0.29, 0.717) is 25.3 Å². The van der Waals surface area contributed by atoms with Crippen LogP contribution < -0.4 is 0 Å². The van der Waals surface area contributed by atoms with Crippen molar-refractivity contribution in [2.45, 2.75) is 19.8 Å². The van der Waals surface area contributed by atoms with E-state index in [9.17, 15) is 13.2 Å². The molecule has 0 saturated carbocycles. The molecule has 0 unspecified atom stereocenters. The summed E-state index contributed by atoms with van der Waals surface area (Å²) in [4.78, 5) is 12.9. The summed E-state index contributed by atoms with van der Waals surface area (Å²) in [6, 6.07) is 0. The van der Waals surface area contributed by atoms with E-state index in [1.54, 1.807) is 14.1 Å². The van der Waals surface area contributed by atoms with Crippen LogP contribution in [0.15, 0.2) is 0 Å². The Morgan fingerprint density at radius 2 is 1.88 bits per heavy atom. The fourth-order valence-electron chi connectivity index (χ4n) is 1.22. The van der Waals surface area contributed by atoms with E-state index < -0.39 is 10.0 Å². The van der Waals surface area contributed by atoms with Crippen LogP contribution >= 0.6 is 11.6 Å². The Morgan fingerprint density at radius 1 is 1.29 bits per heavy atom. The lowest BCUT2D eigenvalue weighted by molar-refractivity contribution is -0.128. The number of likely N-dealkylation sites (N-methyl/N-ethyl adjacent to an activating group) is 1. The van der Waals surface area contributed by atoms with E-state index in [1.807, 2.05) is 6.92 Å². The lowest BCUT2D eigenvalue weighted by Gasteiger charge is -2.22. The molecule has 0 aromatic carbocycles. The third-order valence-electron chi connectivity index (χ3n) is 2.21. The van der Waals surface area contributed by atoms with Crippen LogP contribution in [0, 0.1) is 0 Å². The fraction of sp³-hybridized carbons (Fsp3) is 0.900. The predicted octanol–water partition coefficient (Wildman–Crippen LogP) is 0.745. The minimum Gasteiger partial charge on any atom is -0.348 e. The standard InChI is InChI=1S/C10H21ClN2O3S/c1-4-7-13(9-10(14)12(2)3)17(15,16)8-5-6-11/h4-9H2,1-3H3. The summed E-state index contributed by atoms with van der Waals surface area (Å²) in [6.45, 7) is 2.15. The second kappa shape index (κ2) is 7.89. The van der Waals surface area contributed by atoms with Crippen LogP contribution in [-0.4, -0.2) is 62.3 Å². The van der Waals surface area contributed by atoms with Crippen LogP contribution in [0.4, 0.5) is 0 Å². The molecule has 0 atom stereocenters. The van der Waals surface area contributed by atoms with E-state index in [-0.39, 0.29) is 18.2 Å². The molecule has 0 bridgehead atoms. The van der Waals surface area contributed by atoms with Gasteiger partial charge in [-0.25, -0.2) is 8.42 Å². The molecule has 0 aromatic heterocycles. The van der Waals surface area contributed by atoms with E-state index in [4.69, 9.17) is 11.6 Å². The third-order valence-corrected chi connectivity index (χ3v) is 4.38. The maximum Gasteiger partial charge on any atom is 0.237 e.